The first-order chi connectivity index (χ1) is 10.0. The number of amides is 1. The van der Waals surface area contributed by atoms with Gasteiger partial charge in [0, 0.05) is 38.4 Å². The second kappa shape index (κ2) is 5.46. The molecule has 3 heterocycles. The van der Waals surface area contributed by atoms with Crippen LogP contribution in [0.2, 0.25) is 5.02 Å². The lowest BCUT2D eigenvalue weighted by Gasteiger charge is -2.48. The van der Waals surface area contributed by atoms with Crippen LogP contribution in [0.1, 0.15) is 20.8 Å². The minimum Gasteiger partial charge on any atom is -0.340 e. The van der Waals surface area contributed by atoms with Crippen molar-refractivity contribution in [3.05, 3.63) is 17.3 Å². The van der Waals surface area contributed by atoms with Crippen LogP contribution in [0.5, 0.6) is 0 Å². The molecule has 0 radical (unpaired) electrons. The molecule has 1 aromatic heterocycles. The number of carbonyl (C=O) groups is 1. The summed E-state index contributed by atoms with van der Waals surface area (Å²) >= 11 is 6.06. The number of piperazine rings is 1. The van der Waals surface area contributed by atoms with Crippen LogP contribution in [0, 0.1) is 0 Å². The zero-order valence-corrected chi connectivity index (χ0v) is 13.5. The average molecular weight is 309 g/mol. The van der Waals surface area contributed by atoms with E-state index in [1.54, 1.807) is 11.1 Å². The number of rotatable bonds is 2. The maximum Gasteiger partial charge on any atom is 0.251 e. The predicted octanol–water partition coefficient (Wildman–Crippen LogP) is 2.00. The van der Waals surface area contributed by atoms with Gasteiger partial charge in [-0.05, 0) is 26.8 Å². The Balaban J connectivity index is 2.01. The molecule has 0 aromatic carbocycles. The van der Waals surface area contributed by atoms with Gasteiger partial charge in [-0.3, -0.25) is 9.69 Å². The molecule has 0 spiro atoms. The largest absolute Gasteiger partial charge is 0.340 e. The maximum absolute atomic E-state index is 12.8. The fraction of sp³-hybridized carbons (Fsp3) is 0.600. The van der Waals surface area contributed by atoms with Gasteiger partial charge >= 0.3 is 0 Å². The van der Waals surface area contributed by atoms with E-state index in [0.29, 0.717) is 17.6 Å². The van der Waals surface area contributed by atoms with E-state index in [0.717, 1.165) is 31.1 Å². The minimum atomic E-state index is -0.137. The first-order valence-electron chi connectivity index (χ1n) is 7.50. The molecule has 1 amide bonds. The summed E-state index contributed by atoms with van der Waals surface area (Å²) in [4.78, 5) is 23.6. The third-order valence-electron chi connectivity index (χ3n) is 4.39. The average Bonchev–Trinajstić information content (AvgIpc) is 2.47. The first kappa shape index (κ1) is 14.6. The number of hydrogen-bond acceptors (Lipinski definition) is 4. The van der Waals surface area contributed by atoms with Gasteiger partial charge in [-0.2, -0.15) is 0 Å². The number of fused-ring (bicyclic) bond motifs is 3. The maximum atomic E-state index is 12.8. The summed E-state index contributed by atoms with van der Waals surface area (Å²) in [5, 5.41) is 0.569. The van der Waals surface area contributed by atoms with Crippen molar-refractivity contribution in [3.8, 4) is 0 Å². The van der Waals surface area contributed by atoms with E-state index in [4.69, 9.17) is 11.6 Å². The molecule has 0 bridgehead atoms. The van der Waals surface area contributed by atoms with E-state index in [9.17, 15) is 4.79 Å². The van der Waals surface area contributed by atoms with Crippen molar-refractivity contribution in [2.45, 2.75) is 32.9 Å². The number of halogens is 1. The van der Waals surface area contributed by atoms with Gasteiger partial charge < -0.3 is 9.80 Å². The van der Waals surface area contributed by atoms with Gasteiger partial charge in [-0.25, -0.2) is 4.98 Å². The molecule has 1 saturated heterocycles. The lowest BCUT2D eigenvalue weighted by Crippen LogP contribution is -2.63. The molecule has 21 heavy (non-hydrogen) atoms. The Morgan fingerprint density at radius 1 is 1.43 bits per heavy atom. The molecule has 6 heteroatoms. The van der Waals surface area contributed by atoms with Crippen LogP contribution in [-0.4, -0.2) is 54.1 Å². The van der Waals surface area contributed by atoms with Gasteiger partial charge in [-0.1, -0.05) is 11.6 Å². The monoisotopic (exact) mass is 308 g/mol. The van der Waals surface area contributed by atoms with E-state index in [-0.39, 0.29) is 11.9 Å². The lowest BCUT2D eigenvalue weighted by molar-refractivity contribution is -0.121. The predicted molar refractivity (Wildman–Crippen MR) is 85.1 cm³/mol. The minimum absolute atomic E-state index is 0.137. The molecule has 5 nitrogen and oxygen atoms in total. The second-order valence-corrected chi connectivity index (χ2v) is 6.31. The van der Waals surface area contributed by atoms with Gasteiger partial charge in [0.15, 0.2) is 5.82 Å². The van der Waals surface area contributed by atoms with E-state index >= 15 is 0 Å². The molecule has 0 aliphatic carbocycles. The fourth-order valence-corrected chi connectivity index (χ4v) is 3.36. The zero-order chi connectivity index (χ0) is 15.1. The number of carbonyl (C=O) groups excluding carboxylic acids is 1. The van der Waals surface area contributed by atoms with Gasteiger partial charge in [-0.15, -0.1) is 0 Å². The van der Waals surface area contributed by atoms with E-state index in [1.165, 1.54) is 0 Å². The number of aromatic nitrogens is 1. The molecular weight excluding hydrogens is 288 g/mol. The van der Waals surface area contributed by atoms with Gasteiger partial charge in [0.2, 0.25) is 0 Å². The van der Waals surface area contributed by atoms with Gasteiger partial charge in [0.1, 0.15) is 6.04 Å². The molecular formula is C15H21ClN4O. The number of pyridine rings is 1. The fourth-order valence-electron chi connectivity index (χ4n) is 3.20. The Labute approximate surface area is 130 Å². The number of anilines is 2. The van der Waals surface area contributed by atoms with Crippen LogP contribution in [0.25, 0.3) is 0 Å². The topological polar surface area (TPSA) is 39.7 Å². The Morgan fingerprint density at radius 2 is 2.19 bits per heavy atom. The molecule has 3 rings (SSSR count). The normalized spacial score (nSPS) is 22.5. The van der Waals surface area contributed by atoms with Crippen molar-refractivity contribution in [1.29, 1.82) is 0 Å². The number of nitrogens with zero attached hydrogens (tertiary/aromatic N) is 4. The smallest absolute Gasteiger partial charge is 0.251 e. The lowest BCUT2D eigenvalue weighted by atomic mass is 10.0. The first-order valence-corrected chi connectivity index (χ1v) is 7.88. The summed E-state index contributed by atoms with van der Waals surface area (Å²) in [5.41, 5.74) is 0.837. The summed E-state index contributed by atoms with van der Waals surface area (Å²) in [6.45, 7) is 9.52. The molecule has 2 aliphatic heterocycles. The van der Waals surface area contributed by atoms with Crippen LogP contribution in [-0.2, 0) is 4.79 Å². The van der Waals surface area contributed by atoms with E-state index in [1.807, 2.05) is 13.0 Å². The Hall–Kier alpha value is -1.33. The molecule has 0 N–H and O–H groups in total. The van der Waals surface area contributed by atoms with Crippen molar-refractivity contribution in [2.75, 3.05) is 36.0 Å². The molecule has 1 fully saturated rings. The Bertz CT molecular complexity index is 563. The highest BCUT2D eigenvalue weighted by molar-refractivity contribution is 6.31. The van der Waals surface area contributed by atoms with Crippen LogP contribution >= 0.6 is 11.6 Å². The summed E-state index contributed by atoms with van der Waals surface area (Å²) in [6.07, 6.45) is 1.66. The van der Waals surface area contributed by atoms with Crippen molar-refractivity contribution in [2.24, 2.45) is 0 Å². The van der Waals surface area contributed by atoms with Crippen molar-refractivity contribution >= 4 is 29.0 Å². The van der Waals surface area contributed by atoms with E-state index in [2.05, 4.69) is 28.6 Å². The molecule has 1 unspecified atom stereocenters. The van der Waals surface area contributed by atoms with Gasteiger partial charge in [0.25, 0.3) is 5.91 Å². The molecule has 1 aromatic rings. The van der Waals surface area contributed by atoms with Crippen LogP contribution in [0.3, 0.4) is 0 Å². The second-order valence-electron chi connectivity index (χ2n) is 5.88. The number of likely N-dealkylation sites (N-methyl/N-ethyl adjacent to an activating group) is 1. The summed E-state index contributed by atoms with van der Waals surface area (Å²) in [5.74, 6) is 1.04. The van der Waals surface area contributed by atoms with Crippen molar-refractivity contribution in [1.82, 2.24) is 9.88 Å². The van der Waals surface area contributed by atoms with Crippen molar-refractivity contribution < 1.29 is 4.79 Å². The summed E-state index contributed by atoms with van der Waals surface area (Å²) < 4.78 is 0. The number of hydrogen-bond donors (Lipinski definition) is 0. The van der Waals surface area contributed by atoms with Gasteiger partial charge in [0.05, 0.1) is 10.7 Å². The Kier molecular flexibility index (Phi) is 3.80. The summed E-state index contributed by atoms with van der Waals surface area (Å²) in [7, 11) is 0. The highest BCUT2D eigenvalue weighted by Gasteiger charge is 2.42. The third-order valence-corrected chi connectivity index (χ3v) is 4.59. The SMILES string of the molecule is CCN1C(=O)C2CN(C(C)C)CCN2c2ncc(Cl)cc21. The zero-order valence-electron chi connectivity index (χ0n) is 12.7. The molecule has 2 aliphatic rings. The van der Waals surface area contributed by atoms with Crippen molar-refractivity contribution in [3.63, 3.8) is 0 Å². The summed E-state index contributed by atoms with van der Waals surface area (Å²) in [6, 6.07) is 2.16. The third kappa shape index (κ3) is 2.38. The quantitative estimate of drug-likeness (QED) is 0.838. The molecule has 0 saturated carbocycles. The van der Waals surface area contributed by atoms with Crippen LogP contribution in [0.4, 0.5) is 11.5 Å². The standard InChI is InChI=1S/C15H21ClN4O/c1-4-19-12-7-11(16)8-17-14(12)20-6-5-18(10(2)3)9-13(20)15(19)21/h7-8,10,13H,4-6,9H2,1-3H3. The highest BCUT2D eigenvalue weighted by atomic mass is 35.5. The molecule has 1 atom stereocenters. The Morgan fingerprint density at radius 3 is 2.86 bits per heavy atom. The van der Waals surface area contributed by atoms with Crippen LogP contribution in [0.15, 0.2) is 12.3 Å². The van der Waals surface area contributed by atoms with E-state index < -0.39 is 0 Å². The van der Waals surface area contributed by atoms with Crippen LogP contribution < -0.4 is 9.80 Å². The highest BCUT2D eigenvalue weighted by Crippen LogP contribution is 2.37. The molecule has 114 valence electrons.